The quantitative estimate of drug-likeness (QED) is 0.204. The van der Waals surface area contributed by atoms with Gasteiger partial charge in [-0.1, -0.05) is 35.8 Å². The van der Waals surface area contributed by atoms with Crippen molar-refractivity contribution in [3.8, 4) is 23.7 Å². The molecule has 0 unspecified atom stereocenters. The van der Waals surface area contributed by atoms with Crippen molar-refractivity contribution in [2.75, 3.05) is 0 Å². The SMILES string of the molecule is Cc1cc[n+](CCCC#Cc2ccccc2C#CCCC[n+]2ccc(C)c(C)c2)cc1C.[Br-].[Br-]. The summed E-state index contributed by atoms with van der Waals surface area (Å²) >= 11 is 0. The zero-order valence-electron chi connectivity index (χ0n) is 20.7. The second-order valence-corrected chi connectivity index (χ2v) is 8.45. The van der Waals surface area contributed by atoms with Crippen molar-refractivity contribution in [3.05, 3.63) is 94.6 Å². The zero-order valence-corrected chi connectivity index (χ0v) is 23.8. The predicted molar refractivity (Wildman–Crippen MR) is 131 cm³/mol. The number of pyridine rings is 2. The molecular formula is C30H34Br2N2. The maximum absolute atomic E-state index is 3.34. The van der Waals surface area contributed by atoms with Crippen molar-refractivity contribution in [3.63, 3.8) is 0 Å². The minimum Gasteiger partial charge on any atom is -1.00 e. The molecule has 0 saturated heterocycles. The van der Waals surface area contributed by atoms with Crippen LogP contribution in [0.25, 0.3) is 0 Å². The molecule has 0 aliphatic heterocycles. The number of aryl methyl sites for hydroxylation is 6. The smallest absolute Gasteiger partial charge is 0.171 e. The molecule has 1 aromatic carbocycles. The minimum atomic E-state index is 0. The lowest BCUT2D eigenvalue weighted by Crippen LogP contribution is -3.00. The Balaban J connectivity index is 0.00000289. The van der Waals surface area contributed by atoms with Crippen LogP contribution in [-0.2, 0) is 13.1 Å². The first kappa shape index (κ1) is 29.6. The molecule has 4 heteroatoms. The van der Waals surface area contributed by atoms with Crippen LogP contribution in [0.1, 0.15) is 59.1 Å². The first-order chi connectivity index (χ1) is 15.5. The summed E-state index contributed by atoms with van der Waals surface area (Å²) in [7, 11) is 0. The van der Waals surface area contributed by atoms with Crippen molar-refractivity contribution in [1.29, 1.82) is 0 Å². The normalized spacial score (nSPS) is 9.53. The summed E-state index contributed by atoms with van der Waals surface area (Å²) in [5.41, 5.74) is 7.40. The van der Waals surface area contributed by atoms with Gasteiger partial charge in [-0.15, -0.1) is 0 Å². The van der Waals surface area contributed by atoms with E-state index in [1.54, 1.807) is 0 Å². The second kappa shape index (κ2) is 15.5. The average Bonchev–Trinajstić information content (AvgIpc) is 2.79. The van der Waals surface area contributed by atoms with Gasteiger partial charge in [0, 0.05) is 60.1 Å². The third-order valence-corrected chi connectivity index (χ3v) is 5.80. The number of nitrogens with zero attached hydrogens (tertiary/aromatic N) is 2. The fraction of sp³-hybridized carbons (Fsp3) is 0.333. The minimum absolute atomic E-state index is 0. The van der Waals surface area contributed by atoms with Crippen molar-refractivity contribution in [2.45, 2.75) is 66.5 Å². The number of hydrogen-bond donors (Lipinski definition) is 0. The topological polar surface area (TPSA) is 7.76 Å². The molecule has 2 aromatic heterocycles. The van der Waals surface area contributed by atoms with Crippen molar-refractivity contribution < 1.29 is 43.1 Å². The second-order valence-electron chi connectivity index (χ2n) is 8.45. The Morgan fingerprint density at radius 1 is 0.588 bits per heavy atom. The van der Waals surface area contributed by atoms with Gasteiger partial charge in [-0.05, 0) is 51.0 Å². The van der Waals surface area contributed by atoms with Gasteiger partial charge in [-0.2, -0.15) is 0 Å². The fourth-order valence-corrected chi connectivity index (χ4v) is 3.46. The lowest BCUT2D eigenvalue weighted by Gasteiger charge is -1.99. The van der Waals surface area contributed by atoms with Gasteiger partial charge in [0.1, 0.15) is 13.1 Å². The molecule has 0 amide bonds. The molecule has 0 fully saturated rings. The van der Waals surface area contributed by atoms with Crippen LogP contribution in [0, 0.1) is 51.4 Å². The molecule has 0 aliphatic rings. The summed E-state index contributed by atoms with van der Waals surface area (Å²) in [5.74, 6) is 13.3. The Bertz CT molecular complexity index is 1100. The van der Waals surface area contributed by atoms with Crippen molar-refractivity contribution >= 4 is 0 Å². The van der Waals surface area contributed by atoms with Crippen LogP contribution in [0.3, 0.4) is 0 Å². The number of aromatic nitrogens is 2. The maximum Gasteiger partial charge on any atom is 0.171 e. The third-order valence-electron chi connectivity index (χ3n) is 5.80. The molecule has 0 saturated carbocycles. The van der Waals surface area contributed by atoms with E-state index >= 15 is 0 Å². The number of halogens is 2. The summed E-state index contributed by atoms with van der Waals surface area (Å²) in [6.45, 7) is 10.6. The number of benzene rings is 1. The average molecular weight is 582 g/mol. The van der Waals surface area contributed by atoms with Gasteiger partial charge < -0.3 is 34.0 Å². The summed E-state index contributed by atoms with van der Waals surface area (Å²) < 4.78 is 4.50. The maximum atomic E-state index is 3.34. The van der Waals surface area contributed by atoms with E-state index in [1.807, 2.05) is 12.1 Å². The Morgan fingerprint density at radius 2 is 1.00 bits per heavy atom. The molecule has 3 aromatic rings. The highest BCUT2D eigenvalue weighted by molar-refractivity contribution is 5.49. The summed E-state index contributed by atoms with van der Waals surface area (Å²) in [6, 6.07) is 12.6. The monoisotopic (exact) mass is 580 g/mol. The van der Waals surface area contributed by atoms with Gasteiger partial charge >= 0.3 is 0 Å². The highest BCUT2D eigenvalue weighted by atomic mass is 79.9. The largest absolute Gasteiger partial charge is 1.00 e. The Labute approximate surface area is 227 Å². The molecule has 178 valence electrons. The van der Waals surface area contributed by atoms with E-state index in [9.17, 15) is 0 Å². The standard InChI is InChI=1S/C30H34N2.2BrH/c1-25-17-21-31(23-27(25)3)19-11-5-7-13-29-15-9-10-16-30(29)14-8-6-12-20-32-22-18-26(2)28(4)24-32;;/h9-10,15-18,21-24H,5-6,11-12,19-20H2,1-4H3;2*1H/q+2;;/p-2. The van der Waals surface area contributed by atoms with Gasteiger partial charge in [0.15, 0.2) is 24.8 Å². The molecule has 2 heterocycles. The van der Waals surface area contributed by atoms with Gasteiger partial charge in [-0.25, -0.2) is 9.13 Å². The number of hydrogen-bond acceptors (Lipinski definition) is 0. The van der Waals surface area contributed by atoms with Crippen LogP contribution in [-0.4, -0.2) is 0 Å². The molecule has 0 aliphatic carbocycles. The van der Waals surface area contributed by atoms with Crippen LogP contribution in [0.5, 0.6) is 0 Å². The highest BCUT2D eigenvalue weighted by Gasteiger charge is 2.03. The third kappa shape index (κ3) is 9.46. The van der Waals surface area contributed by atoms with E-state index in [0.29, 0.717) is 0 Å². The zero-order chi connectivity index (χ0) is 22.8. The molecule has 2 nitrogen and oxygen atoms in total. The summed E-state index contributed by atoms with van der Waals surface area (Å²) in [5, 5.41) is 0. The lowest BCUT2D eigenvalue weighted by molar-refractivity contribution is -0.697. The fourth-order valence-electron chi connectivity index (χ4n) is 3.46. The van der Waals surface area contributed by atoms with E-state index in [1.165, 1.54) is 22.3 Å². The van der Waals surface area contributed by atoms with E-state index in [0.717, 1.165) is 49.9 Å². The highest BCUT2D eigenvalue weighted by Crippen LogP contribution is 2.07. The molecule has 0 N–H and O–H groups in total. The van der Waals surface area contributed by atoms with Gasteiger partial charge in [-0.3, -0.25) is 0 Å². The van der Waals surface area contributed by atoms with Crippen LogP contribution < -0.4 is 43.1 Å². The first-order valence-electron chi connectivity index (χ1n) is 11.5. The molecule has 34 heavy (non-hydrogen) atoms. The van der Waals surface area contributed by atoms with E-state index in [4.69, 9.17) is 0 Å². The van der Waals surface area contributed by atoms with E-state index in [2.05, 4.69) is 110 Å². The summed E-state index contributed by atoms with van der Waals surface area (Å²) in [4.78, 5) is 0. The van der Waals surface area contributed by atoms with Crippen LogP contribution in [0.15, 0.2) is 61.2 Å². The van der Waals surface area contributed by atoms with Crippen LogP contribution in [0.2, 0.25) is 0 Å². The predicted octanol–water partition coefficient (Wildman–Crippen LogP) is -0.833. The molecule has 0 spiro atoms. The van der Waals surface area contributed by atoms with Gasteiger partial charge in [0.2, 0.25) is 0 Å². The molecule has 0 atom stereocenters. The Morgan fingerprint density at radius 3 is 1.38 bits per heavy atom. The van der Waals surface area contributed by atoms with E-state index < -0.39 is 0 Å². The van der Waals surface area contributed by atoms with Crippen LogP contribution in [0.4, 0.5) is 0 Å². The number of unbranched alkanes of at least 4 members (excludes halogenated alkanes) is 2. The van der Waals surface area contributed by atoms with Gasteiger partial charge in [0.05, 0.1) is 0 Å². The van der Waals surface area contributed by atoms with Crippen molar-refractivity contribution in [2.24, 2.45) is 0 Å². The Hall–Kier alpha value is -2.40. The lowest BCUT2D eigenvalue weighted by atomic mass is 10.1. The molecule has 3 rings (SSSR count). The van der Waals surface area contributed by atoms with Gasteiger partial charge in [0.25, 0.3) is 0 Å². The van der Waals surface area contributed by atoms with E-state index in [-0.39, 0.29) is 34.0 Å². The summed E-state index contributed by atoms with van der Waals surface area (Å²) in [6.07, 6.45) is 12.6. The number of rotatable bonds is 6. The Kier molecular flexibility index (Phi) is 13.5. The first-order valence-corrected chi connectivity index (χ1v) is 11.5. The molecular weight excluding hydrogens is 548 g/mol. The van der Waals surface area contributed by atoms with Crippen LogP contribution >= 0.6 is 0 Å². The molecule has 0 radical (unpaired) electrons. The van der Waals surface area contributed by atoms with Crippen molar-refractivity contribution in [1.82, 2.24) is 0 Å². The molecule has 0 bridgehead atoms.